The van der Waals surface area contributed by atoms with Crippen molar-refractivity contribution < 1.29 is 14.4 Å². The molecule has 0 radical (unpaired) electrons. The van der Waals surface area contributed by atoms with Gasteiger partial charge in [-0.05, 0) is 30.1 Å². The molecule has 1 aliphatic heterocycles. The van der Waals surface area contributed by atoms with Crippen LogP contribution in [0, 0.1) is 0 Å². The van der Waals surface area contributed by atoms with Crippen LogP contribution in [0.5, 0.6) is 0 Å². The van der Waals surface area contributed by atoms with E-state index < -0.39 is 8.32 Å². The van der Waals surface area contributed by atoms with Crippen LogP contribution >= 0.6 is 0 Å². The molecule has 130 valence electrons. The molecule has 23 heavy (non-hydrogen) atoms. The van der Waals surface area contributed by atoms with Crippen molar-refractivity contribution in [1.29, 1.82) is 0 Å². The van der Waals surface area contributed by atoms with Crippen molar-refractivity contribution >= 4 is 8.32 Å². The number of hydroxylamine groups is 2. The topological polar surface area (TPSA) is 41.9 Å². The minimum Gasteiger partial charge on any atom is -0.414 e. The molecule has 0 aliphatic carbocycles. The molecular formula is C18H31NO3Si. The van der Waals surface area contributed by atoms with Crippen molar-refractivity contribution in [3.05, 3.63) is 35.9 Å². The molecule has 4 nitrogen and oxygen atoms in total. The van der Waals surface area contributed by atoms with E-state index in [1.807, 2.05) is 35.4 Å². The summed E-state index contributed by atoms with van der Waals surface area (Å²) in [4.78, 5) is 6.05. The van der Waals surface area contributed by atoms with Gasteiger partial charge in [0.15, 0.2) is 8.32 Å². The van der Waals surface area contributed by atoms with E-state index >= 15 is 0 Å². The Bertz CT molecular complexity index is 487. The van der Waals surface area contributed by atoms with E-state index in [9.17, 15) is 5.11 Å². The molecule has 1 aromatic carbocycles. The predicted octanol–water partition coefficient (Wildman–Crippen LogP) is 3.75. The van der Waals surface area contributed by atoms with Crippen LogP contribution in [-0.2, 0) is 9.26 Å². The smallest absolute Gasteiger partial charge is 0.192 e. The van der Waals surface area contributed by atoms with E-state index in [0.717, 1.165) is 18.5 Å². The second-order valence-electron chi connectivity index (χ2n) is 7.84. The zero-order valence-corrected chi connectivity index (χ0v) is 16.1. The van der Waals surface area contributed by atoms with Gasteiger partial charge < -0.3 is 9.53 Å². The Hall–Kier alpha value is -0.723. The van der Waals surface area contributed by atoms with E-state index in [1.165, 1.54) is 0 Å². The first-order chi connectivity index (χ1) is 10.7. The number of rotatable bonds is 6. The monoisotopic (exact) mass is 337 g/mol. The largest absolute Gasteiger partial charge is 0.414 e. The van der Waals surface area contributed by atoms with Crippen molar-refractivity contribution in [2.45, 2.75) is 57.5 Å². The first-order valence-corrected chi connectivity index (χ1v) is 11.4. The maximum atomic E-state index is 9.75. The summed E-state index contributed by atoms with van der Waals surface area (Å²) < 4.78 is 6.27. The van der Waals surface area contributed by atoms with Crippen LogP contribution in [-0.4, -0.2) is 44.3 Å². The third-order valence-corrected chi connectivity index (χ3v) is 9.60. The van der Waals surface area contributed by atoms with Crippen LogP contribution in [0.4, 0.5) is 0 Å². The van der Waals surface area contributed by atoms with Crippen molar-refractivity contribution in [3.63, 3.8) is 0 Å². The molecule has 0 saturated carbocycles. The zero-order valence-electron chi connectivity index (χ0n) is 15.1. The van der Waals surface area contributed by atoms with Crippen molar-refractivity contribution in [2.75, 3.05) is 19.8 Å². The molecule has 1 N–H and O–H groups in total. The summed E-state index contributed by atoms with van der Waals surface area (Å²) in [5.41, 5.74) is 1.08. The molecule has 0 spiro atoms. The Morgan fingerprint density at radius 2 is 1.96 bits per heavy atom. The maximum absolute atomic E-state index is 9.75. The van der Waals surface area contributed by atoms with Crippen molar-refractivity contribution in [1.82, 2.24) is 5.06 Å². The van der Waals surface area contributed by atoms with E-state index in [1.54, 1.807) is 0 Å². The SMILES string of the molecule is CC(C)(C)[Si](C)(C)OC[C@H]1CCN([C@@H](CO)c2ccccc2)O1. The van der Waals surface area contributed by atoms with Gasteiger partial charge >= 0.3 is 0 Å². The summed E-state index contributed by atoms with van der Waals surface area (Å²) in [5, 5.41) is 11.9. The lowest BCUT2D eigenvalue weighted by atomic mass is 10.1. The Morgan fingerprint density at radius 1 is 1.30 bits per heavy atom. The van der Waals surface area contributed by atoms with E-state index in [0.29, 0.717) is 6.61 Å². The zero-order chi connectivity index (χ0) is 17.1. The summed E-state index contributed by atoms with van der Waals surface area (Å²) in [6, 6.07) is 9.93. The second kappa shape index (κ2) is 7.45. The highest BCUT2D eigenvalue weighted by Gasteiger charge is 2.39. The van der Waals surface area contributed by atoms with Crippen LogP contribution in [0.3, 0.4) is 0 Å². The first kappa shape index (κ1) is 18.6. The molecule has 1 aromatic rings. The summed E-state index contributed by atoms with van der Waals surface area (Å²) in [7, 11) is -1.74. The van der Waals surface area contributed by atoms with Crippen molar-refractivity contribution in [3.8, 4) is 0 Å². The number of hydrogen-bond donors (Lipinski definition) is 1. The third kappa shape index (κ3) is 4.64. The number of aliphatic hydroxyl groups is 1. The lowest BCUT2D eigenvalue weighted by Crippen LogP contribution is -2.42. The molecule has 2 rings (SSSR count). The lowest BCUT2D eigenvalue weighted by molar-refractivity contribution is -0.187. The lowest BCUT2D eigenvalue weighted by Gasteiger charge is -2.36. The van der Waals surface area contributed by atoms with Gasteiger partial charge in [0.25, 0.3) is 0 Å². The molecular weight excluding hydrogens is 306 g/mol. The second-order valence-corrected chi connectivity index (χ2v) is 12.6. The maximum Gasteiger partial charge on any atom is 0.192 e. The normalized spacial score (nSPS) is 21.6. The Labute approximate surface area is 141 Å². The van der Waals surface area contributed by atoms with Gasteiger partial charge in [0.05, 0.1) is 19.3 Å². The number of benzene rings is 1. The summed E-state index contributed by atoms with van der Waals surface area (Å²) in [6.45, 7) is 12.8. The van der Waals surface area contributed by atoms with Gasteiger partial charge in [0, 0.05) is 6.54 Å². The highest BCUT2D eigenvalue weighted by molar-refractivity contribution is 6.74. The third-order valence-electron chi connectivity index (χ3n) is 5.10. The van der Waals surface area contributed by atoms with Crippen molar-refractivity contribution in [2.24, 2.45) is 0 Å². The Kier molecular flexibility index (Phi) is 6.03. The predicted molar refractivity (Wildman–Crippen MR) is 95.6 cm³/mol. The highest BCUT2D eigenvalue weighted by atomic mass is 28.4. The van der Waals surface area contributed by atoms with E-state index in [-0.39, 0.29) is 23.8 Å². The average molecular weight is 338 g/mol. The summed E-state index contributed by atoms with van der Waals surface area (Å²) >= 11 is 0. The summed E-state index contributed by atoms with van der Waals surface area (Å²) in [5.74, 6) is 0. The van der Waals surface area contributed by atoms with E-state index in [2.05, 4.69) is 33.9 Å². The molecule has 1 aliphatic rings. The van der Waals surface area contributed by atoms with Gasteiger partial charge in [-0.1, -0.05) is 51.1 Å². The molecule has 5 heteroatoms. The van der Waals surface area contributed by atoms with Crippen LogP contribution in [0.25, 0.3) is 0 Å². The van der Waals surface area contributed by atoms with Gasteiger partial charge in [-0.25, -0.2) is 0 Å². The standard InChI is InChI=1S/C18H31NO3Si/c1-18(2,3)23(4,5)21-14-16-11-12-19(22-16)17(13-20)15-9-7-6-8-10-15/h6-10,16-17,20H,11-14H2,1-5H3/t16-,17+/m1/s1. The first-order valence-electron chi connectivity index (χ1n) is 8.48. The highest BCUT2D eigenvalue weighted by Crippen LogP contribution is 2.37. The quantitative estimate of drug-likeness (QED) is 0.803. The van der Waals surface area contributed by atoms with Gasteiger partial charge in [-0.2, -0.15) is 5.06 Å². The molecule has 0 amide bonds. The fourth-order valence-corrected chi connectivity index (χ4v) is 3.50. The fraction of sp³-hybridized carbons (Fsp3) is 0.667. The van der Waals surface area contributed by atoms with Gasteiger partial charge in [-0.3, -0.25) is 4.84 Å². The van der Waals surface area contributed by atoms with Crippen LogP contribution in [0.1, 0.15) is 38.8 Å². The molecule has 1 saturated heterocycles. The van der Waals surface area contributed by atoms with Gasteiger partial charge in [0.1, 0.15) is 6.10 Å². The number of hydrogen-bond acceptors (Lipinski definition) is 4. The Morgan fingerprint density at radius 3 is 2.52 bits per heavy atom. The van der Waals surface area contributed by atoms with Crippen LogP contribution in [0.15, 0.2) is 30.3 Å². The van der Waals surface area contributed by atoms with Gasteiger partial charge in [0.2, 0.25) is 0 Å². The van der Waals surface area contributed by atoms with Gasteiger partial charge in [-0.15, -0.1) is 0 Å². The summed E-state index contributed by atoms with van der Waals surface area (Å²) in [6.07, 6.45) is 1.03. The number of aliphatic hydroxyl groups excluding tert-OH is 1. The molecule has 2 atom stereocenters. The molecule has 0 unspecified atom stereocenters. The Balaban J connectivity index is 1.91. The molecule has 1 heterocycles. The minimum atomic E-state index is -1.74. The fourth-order valence-electron chi connectivity index (χ4n) is 2.47. The number of nitrogens with zero attached hydrogens (tertiary/aromatic N) is 1. The molecule has 0 bridgehead atoms. The average Bonchev–Trinajstić information content (AvgIpc) is 2.95. The molecule has 0 aromatic heterocycles. The van der Waals surface area contributed by atoms with Crippen LogP contribution in [0.2, 0.25) is 18.1 Å². The van der Waals surface area contributed by atoms with E-state index in [4.69, 9.17) is 9.26 Å². The molecule has 1 fully saturated rings. The minimum absolute atomic E-state index is 0.0554. The van der Waals surface area contributed by atoms with Crippen LogP contribution < -0.4 is 0 Å².